The molecule has 0 amide bonds. The Kier molecular flexibility index (Phi) is 4.57. The van der Waals surface area contributed by atoms with Gasteiger partial charge in [0.25, 0.3) is 0 Å². The minimum absolute atomic E-state index is 0.315. The molecule has 1 aromatic rings. The lowest BCUT2D eigenvalue weighted by Crippen LogP contribution is -2.35. The summed E-state index contributed by atoms with van der Waals surface area (Å²) in [5.41, 5.74) is 7.51. The van der Waals surface area contributed by atoms with Gasteiger partial charge in [-0.15, -0.1) is 11.3 Å². The molecule has 96 valence electrons. The summed E-state index contributed by atoms with van der Waals surface area (Å²) in [5, 5.41) is 3.34. The second-order valence-electron chi connectivity index (χ2n) is 5.45. The third kappa shape index (κ3) is 3.52. The van der Waals surface area contributed by atoms with Crippen LogP contribution in [0.3, 0.4) is 0 Å². The van der Waals surface area contributed by atoms with E-state index in [1.54, 1.807) is 11.3 Å². The maximum atomic E-state index is 6.37. The number of rotatable bonds is 4. The van der Waals surface area contributed by atoms with Crippen LogP contribution in [0.1, 0.15) is 49.7 Å². The molecule has 0 spiro atoms. The van der Waals surface area contributed by atoms with Gasteiger partial charge in [0.2, 0.25) is 0 Å². The maximum Gasteiger partial charge on any atom is 0.0943 e. The lowest BCUT2D eigenvalue weighted by molar-refractivity contribution is 0.228. The fourth-order valence-electron chi connectivity index (χ4n) is 2.96. The van der Waals surface area contributed by atoms with Gasteiger partial charge in [-0.25, -0.2) is 4.98 Å². The van der Waals surface area contributed by atoms with E-state index < -0.39 is 0 Å². The molecule has 3 unspecified atom stereocenters. The average molecular weight is 252 g/mol. The van der Waals surface area contributed by atoms with Gasteiger partial charge in [0.15, 0.2) is 0 Å². The summed E-state index contributed by atoms with van der Waals surface area (Å²) < 4.78 is 0. The number of aryl methyl sites for hydroxylation is 1. The molecule has 2 rings (SSSR count). The Bertz CT molecular complexity index is 348. The molecule has 1 aliphatic rings. The zero-order valence-corrected chi connectivity index (χ0v) is 11.8. The standard InChI is InChI=1S/C14H24N2S/c1-3-11-5-4-6-12(7-11)13(15)8-14-16-10(2)9-17-14/h9,11-13H,3-8,15H2,1-2H3. The molecule has 17 heavy (non-hydrogen) atoms. The highest BCUT2D eigenvalue weighted by atomic mass is 32.1. The van der Waals surface area contributed by atoms with Gasteiger partial charge in [0.1, 0.15) is 0 Å². The molecule has 0 radical (unpaired) electrons. The van der Waals surface area contributed by atoms with E-state index in [9.17, 15) is 0 Å². The molecule has 2 N–H and O–H groups in total. The smallest absolute Gasteiger partial charge is 0.0943 e. The minimum atomic E-state index is 0.315. The Labute approximate surface area is 109 Å². The SMILES string of the molecule is CCC1CCCC(C(N)Cc2nc(C)cs2)C1. The summed E-state index contributed by atoms with van der Waals surface area (Å²) in [5.74, 6) is 1.63. The van der Waals surface area contributed by atoms with Crippen molar-refractivity contribution < 1.29 is 0 Å². The molecule has 0 bridgehead atoms. The number of nitrogens with zero attached hydrogens (tertiary/aromatic N) is 1. The van der Waals surface area contributed by atoms with Gasteiger partial charge < -0.3 is 5.73 Å². The van der Waals surface area contributed by atoms with E-state index in [1.807, 2.05) is 0 Å². The van der Waals surface area contributed by atoms with Crippen LogP contribution in [0.4, 0.5) is 0 Å². The van der Waals surface area contributed by atoms with E-state index in [-0.39, 0.29) is 0 Å². The van der Waals surface area contributed by atoms with Crippen molar-refractivity contribution in [1.29, 1.82) is 0 Å². The van der Waals surface area contributed by atoms with Gasteiger partial charge in [-0.2, -0.15) is 0 Å². The Morgan fingerprint density at radius 1 is 1.53 bits per heavy atom. The average Bonchev–Trinajstić information content (AvgIpc) is 2.75. The number of hydrogen-bond acceptors (Lipinski definition) is 3. The molecular formula is C14H24N2S. The molecule has 0 aromatic carbocycles. The summed E-state index contributed by atoms with van der Waals surface area (Å²) >= 11 is 1.76. The summed E-state index contributed by atoms with van der Waals surface area (Å²) in [4.78, 5) is 4.52. The molecule has 1 saturated carbocycles. The Morgan fingerprint density at radius 2 is 2.35 bits per heavy atom. The third-order valence-corrected chi connectivity index (χ3v) is 5.07. The van der Waals surface area contributed by atoms with E-state index in [0.717, 1.165) is 24.0 Å². The van der Waals surface area contributed by atoms with Gasteiger partial charge >= 0.3 is 0 Å². The Morgan fingerprint density at radius 3 is 3.00 bits per heavy atom. The first-order valence-corrected chi connectivity index (χ1v) is 7.73. The molecule has 3 atom stereocenters. The van der Waals surface area contributed by atoms with Crippen LogP contribution in [0.15, 0.2) is 5.38 Å². The van der Waals surface area contributed by atoms with Crippen LogP contribution in [-0.4, -0.2) is 11.0 Å². The predicted molar refractivity (Wildman–Crippen MR) is 74.3 cm³/mol. The van der Waals surface area contributed by atoms with Crippen LogP contribution in [0.25, 0.3) is 0 Å². The third-order valence-electron chi connectivity index (χ3n) is 4.08. The first-order chi connectivity index (χ1) is 8.19. The molecule has 3 heteroatoms. The first-order valence-electron chi connectivity index (χ1n) is 6.85. The molecule has 0 saturated heterocycles. The second-order valence-corrected chi connectivity index (χ2v) is 6.39. The first kappa shape index (κ1) is 13.0. The highest BCUT2D eigenvalue weighted by molar-refractivity contribution is 7.09. The topological polar surface area (TPSA) is 38.9 Å². The number of hydrogen-bond donors (Lipinski definition) is 1. The molecule has 1 aromatic heterocycles. The van der Waals surface area contributed by atoms with Gasteiger partial charge in [-0.05, 0) is 31.6 Å². The molecule has 1 heterocycles. The van der Waals surface area contributed by atoms with Crippen molar-refractivity contribution in [2.24, 2.45) is 17.6 Å². The van der Waals surface area contributed by atoms with Crippen molar-refractivity contribution in [3.05, 3.63) is 16.1 Å². The van der Waals surface area contributed by atoms with Crippen molar-refractivity contribution in [1.82, 2.24) is 4.98 Å². The molecule has 1 aliphatic carbocycles. The van der Waals surface area contributed by atoms with Gasteiger partial charge in [-0.1, -0.05) is 26.2 Å². The van der Waals surface area contributed by atoms with Crippen LogP contribution >= 0.6 is 11.3 Å². The van der Waals surface area contributed by atoms with Crippen LogP contribution in [0.2, 0.25) is 0 Å². The lowest BCUT2D eigenvalue weighted by atomic mass is 9.76. The van der Waals surface area contributed by atoms with Gasteiger partial charge in [-0.3, -0.25) is 0 Å². The maximum absolute atomic E-state index is 6.37. The van der Waals surface area contributed by atoms with Crippen molar-refractivity contribution in [2.75, 3.05) is 0 Å². The van der Waals surface area contributed by atoms with E-state index in [4.69, 9.17) is 5.73 Å². The highest BCUT2D eigenvalue weighted by Gasteiger charge is 2.26. The van der Waals surface area contributed by atoms with Gasteiger partial charge in [0.05, 0.1) is 5.01 Å². The number of aromatic nitrogens is 1. The van der Waals surface area contributed by atoms with Crippen molar-refractivity contribution in [3.8, 4) is 0 Å². The Balaban J connectivity index is 1.88. The van der Waals surface area contributed by atoms with Crippen molar-refractivity contribution in [2.45, 2.75) is 58.4 Å². The predicted octanol–water partition coefficient (Wildman–Crippen LogP) is 3.54. The summed E-state index contributed by atoms with van der Waals surface area (Å²) in [7, 11) is 0. The molecule has 1 fully saturated rings. The van der Waals surface area contributed by atoms with Crippen molar-refractivity contribution in [3.63, 3.8) is 0 Å². The van der Waals surface area contributed by atoms with Crippen molar-refractivity contribution >= 4 is 11.3 Å². The number of thiazole rings is 1. The molecule has 0 aliphatic heterocycles. The van der Waals surface area contributed by atoms with Crippen LogP contribution in [0.5, 0.6) is 0 Å². The fourth-order valence-corrected chi connectivity index (χ4v) is 3.80. The largest absolute Gasteiger partial charge is 0.327 e. The van der Waals surface area contributed by atoms with E-state index in [1.165, 1.54) is 37.1 Å². The molecule has 2 nitrogen and oxygen atoms in total. The van der Waals surface area contributed by atoms with Crippen LogP contribution in [-0.2, 0) is 6.42 Å². The second kappa shape index (κ2) is 5.96. The molecular weight excluding hydrogens is 228 g/mol. The van der Waals surface area contributed by atoms with E-state index >= 15 is 0 Å². The fraction of sp³-hybridized carbons (Fsp3) is 0.786. The normalized spacial score (nSPS) is 27.0. The van der Waals surface area contributed by atoms with E-state index in [2.05, 4.69) is 24.2 Å². The van der Waals surface area contributed by atoms with Crippen LogP contribution in [0, 0.1) is 18.8 Å². The van der Waals surface area contributed by atoms with Gasteiger partial charge in [0, 0.05) is 23.5 Å². The summed E-state index contributed by atoms with van der Waals surface area (Å²) in [6.45, 7) is 4.36. The summed E-state index contributed by atoms with van der Waals surface area (Å²) in [6.07, 6.45) is 7.73. The van der Waals surface area contributed by atoms with Crippen LogP contribution < -0.4 is 5.73 Å². The van der Waals surface area contributed by atoms with E-state index in [0.29, 0.717) is 6.04 Å². The number of nitrogens with two attached hydrogens (primary N) is 1. The monoisotopic (exact) mass is 252 g/mol. The zero-order chi connectivity index (χ0) is 12.3. The quantitative estimate of drug-likeness (QED) is 0.890. The Hall–Kier alpha value is -0.410. The minimum Gasteiger partial charge on any atom is -0.327 e. The lowest BCUT2D eigenvalue weighted by Gasteiger charge is -2.32. The highest BCUT2D eigenvalue weighted by Crippen LogP contribution is 2.33. The summed E-state index contributed by atoms with van der Waals surface area (Å²) in [6, 6.07) is 0.315. The zero-order valence-electron chi connectivity index (χ0n) is 11.0.